The molecule has 0 fully saturated rings. The lowest BCUT2D eigenvalue weighted by Gasteiger charge is -2.13. The van der Waals surface area contributed by atoms with Crippen LogP contribution in [-0.2, 0) is 0 Å². The first-order chi connectivity index (χ1) is 7.45. The number of aliphatic hydroxyl groups excluding tert-OH is 2. The molecule has 0 bridgehead atoms. The largest absolute Gasteiger partial charge is 0.432 e. The molecule has 0 saturated carbocycles. The van der Waals surface area contributed by atoms with E-state index in [1.807, 2.05) is 13.1 Å². The molecule has 0 spiro atoms. The lowest BCUT2D eigenvalue weighted by molar-refractivity contribution is 0.0860. The van der Waals surface area contributed by atoms with Crippen molar-refractivity contribution in [1.82, 2.24) is 0 Å². The minimum atomic E-state index is -1.81. The van der Waals surface area contributed by atoms with E-state index in [1.54, 1.807) is 0 Å². The molecule has 0 aliphatic heterocycles. The molecule has 0 rings (SSSR count). The highest BCUT2D eigenvalue weighted by molar-refractivity contribution is 6.69. The zero-order chi connectivity index (χ0) is 12.4. The van der Waals surface area contributed by atoms with Crippen LogP contribution in [0.5, 0.6) is 0 Å². The number of rotatable bonds is 10. The summed E-state index contributed by atoms with van der Waals surface area (Å²) < 4.78 is 0. The average molecular weight is 248 g/mol. The molecule has 3 nitrogen and oxygen atoms in total. The standard InChI is InChI=1S/C12H28O3Si/c1-16(2,15)10-8-6-4-3-5-7-9-12(14)11-13/h12-15H,3-11H2,1-2H3. The van der Waals surface area contributed by atoms with Crippen molar-refractivity contribution in [3.63, 3.8) is 0 Å². The Labute approximate surface area is 101 Å². The van der Waals surface area contributed by atoms with E-state index in [2.05, 4.69) is 0 Å². The maximum absolute atomic E-state index is 9.63. The molecule has 1 atom stereocenters. The third-order valence-corrected chi connectivity index (χ3v) is 4.36. The van der Waals surface area contributed by atoms with Crippen LogP contribution in [0.3, 0.4) is 0 Å². The molecule has 98 valence electrons. The summed E-state index contributed by atoms with van der Waals surface area (Å²) in [6.45, 7) is 3.86. The van der Waals surface area contributed by atoms with E-state index in [9.17, 15) is 4.80 Å². The number of hydrogen-bond donors (Lipinski definition) is 3. The second-order valence-electron chi connectivity index (χ2n) is 5.31. The Morgan fingerprint density at radius 1 is 0.938 bits per heavy atom. The van der Waals surface area contributed by atoms with Crippen LogP contribution in [-0.4, -0.2) is 36.0 Å². The van der Waals surface area contributed by atoms with Crippen LogP contribution in [0.4, 0.5) is 0 Å². The molecular formula is C12H28O3Si. The predicted molar refractivity (Wildman–Crippen MR) is 69.9 cm³/mol. The van der Waals surface area contributed by atoms with Gasteiger partial charge in [-0.1, -0.05) is 38.5 Å². The lowest BCUT2D eigenvalue weighted by atomic mass is 10.1. The van der Waals surface area contributed by atoms with E-state index in [1.165, 1.54) is 19.3 Å². The molecule has 0 heterocycles. The first-order valence-electron chi connectivity index (χ1n) is 6.47. The molecule has 0 aromatic rings. The third kappa shape index (κ3) is 12.2. The Balaban J connectivity index is 3.10. The van der Waals surface area contributed by atoms with Crippen molar-refractivity contribution in [2.24, 2.45) is 0 Å². The molecule has 0 radical (unpaired) electrons. The average Bonchev–Trinajstić information content (AvgIpc) is 2.20. The van der Waals surface area contributed by atoms with Gasteiger partial charge in [-0.2, -0.15) is 0 Å². The maximum Gasteiger partial charge on any atom is 0.182 e. The fraction of sp³-hybridized carbons (Fsp3) is 1.00. The minimum absolute atomic E-state index is 0.115. The van der Waals surface area contributed by atoms with Crippen molar-refractivity contribution in [1.29, 1.82) is 0 Å². The monoisotopic (exact) mass is 248 g/mol. The minimum Gasteiger partial charge on any atom is -0.432 e. The van der Waals surface area contributed by atoms with E-state index in [-0.39, 0.29) is 6.61 Å². The van der Waals surface area contributed by atoms with Crippen LogP contribution in [0, 0.1) is 0 Å². The van der Waals surface area contributed by atoms with Gasteiger partial charge in [-0.05, 0) is 25.6 Å². The zero-order valence-electron chi connectivity index (χ0n) is 10.8. The zero-order valence-corrected chi connectivity index (χ0v) is 11.8. The van der Waals surface area contributed by atoms with Gasteiger partial charge in [-0.25, -0.2) is 0 Å². The van der Waals surface area contributed by atoms with Crippen LogP contribution in [0.25, 0.3) is 0 Å². The highest BCUT2D eigenvalue weighted by Crippen LogP contribution is 2.14. The van der Waals surface area contributed by atoms with Crippen molar-refractivity contribution >= 4 is 8.32 Å². The lowest BCUT2D eigenvalue weighted by Crippen LogP contribution is -2.23. The molecule has 0 aliphatic rings. The highest BCUT2D eigenvalue weighted by atomic mass is 28.4. The number of hydrogen-bond acceptors (Lipinski definition) is 3. The van der Waals surface area contributed by atoms with E-state index < -0.39 is 14.4 Å². The summed E-state index contributed by atoms with van der Waals surface area (Å²) in [6, 6.07) is 1.01. The summed E-state index contributed by atoms with van der Waals surface area (Å²) in [6.07, 6.45) is 7.10. The molecular weight excluding hydrogens is 220 g/mol. The normalized spacial score (nSPS) is 14.1. The molecule has 0 amide bonds. The fourth-order valence-electron chi connectivity index (χ4n) is 1.74. The van der Waals surface area contributed by atoms with Gasteiger partial charge in [0.05, 0.1) is 12.7 Å². The van der Waals surface area contributed by atoms with Crippen molar-refractivity contribution < 1.29 is 15.0 Å². The van der Waals surface area contributed by atoms with Gasteiger partial charge in [0.15, 0.2) is 8.32 Å². The van der Waals surface area contributed by atoms with E-state index >= 15 is 0 Å². The van der Waals surface area contributed by atoms with Crippen LogP contribution in [0.1, 0.15) is 44.9 Å². The van der Waals surface area contributed by atoms with Crippen molar-refractivity contribution in [2.75, 3.05) is 6.61 Å². The topological polar surface area (TPSA) is 60.7 Å². The quantitative estimate of drug-likeness (QED) is 0.410. The fourth-order valence-corrected chi connectivity index (χ4v) is 2.85. The van der Waals surface area contributed by atoms with Gasteiger partial charge in [0.1, 0.15) is 0 Å². The first-order valence-corrected chi connectivity index (χ1v) is 9.62. The van der Waals surface area contributed by atoms with Crippen LogP contribution < -0.4 is 0 Å². The second kappa shape index (κ2) is 9.16. The van der Waals surface area contributed by atoms with Crippen LogP contribution >= 0.6 is 0 Å². The summed E-state index contributed by atoms with van der Waals surface area (Å²) in [7, 11) is -1.81. The number of unbranched alkanes of at least 4 members (excludes halogenated alkanes) is 5. The molecule has 0 aromatic heterocycles. The van der Waals surface area contributed by atoms with E-state index in [0.29, 0.717) is 6.42 Å². The summed E-state index contributed by atoms with van der Waals surface area (Å²) in [5, 5.41) is 17.7. The number of aliphatic hydroxyl groups is 2. The van der Waals surface area contributed by atoms with Crippen molar-refractivity contribution in [3.8, 4) is 0 Å². The van der Waals surface area contributed by atoms with Gasteiger partial charge in [0, 0.05) is 0 Å². The van der Waals surface area contributed by atoms with Crippen molar-refractivity contribution in [3.05, 3.63) is 0 Å². The second-order valence-corrected chi connectivity index (χ2v) is 9.43. The Hall–Kier alpha value is 0.0969. The Kier molecular flexibility index (Phi) is 9.22. The third-order valence-electron chi connectivity index (χ3n) is 2.79. The van der Waals surface area contributed by atoms with Crippen molar-refractivity contribution in [2.45, 2.75) is 70.2 Å². The molecule has 1 unspecified atom stereocenters. The first kappa shape index (κ1) is 16.1. The smallest absolute Gasteiger partial charge is 0.182 e. The molecule has 0 saturated heterocycles. The van der Waals surface area contributed by atoms with Crippen LogP contribution in [0.2, 0.25) is 19.1 Å². The van der Waals surface area contributed by atoms with Gasteiger partial charge >= 0.3 is 0 Å². The Morgan fingerprint density at radius 2 is 1.44 bits per heavy atom. The van der Waals surface area contributed by atoms with E-state index in [0.717, 1.165) is 25.3 Å². The Morgan fingerprint density at radius 3 is 1.94 bits per heavy atom. The highest BCUT2D eigenvalue weighted by Gasteiger charge is 2.15. The Bertz CT molecular complexity index is 157. The van der Waals surface area contributed by atoms with Gasteiger partial charge < -0.3 is 15.0 Å². The van der Waals surface area contributed by atoms with Gasteiger partial charge in [-0.3, -0.25) is 0 Å². The van der Waals surface area contributed by atoms with Gasteiger partial charge in [-0.15, -0.1) is 0 Å². The summed E-state index contributed by atoms with van der Waals surface area (Å²) in [4.78, 5) is 9.63. The summed E-state index contributed by atoms with van der Waals surface area (Å²) in [5.74, 6) is 0. The molecule has 0 aromatic carbocycles. The van der Waals surface area contributed by atoms with E-state index in [4.69, 9.17) is 10.2 Å². The SMILES string of the molecule is C[Si](C)(O)CCCCCCCCC(O)CO. The summed E-state index contributed by atoms with van der Waals surface area (Å²) in [5.41, 5.74) is 0. The molecule has 4 heteroatoms. The predicted octanol–water partition coefficient (Wildman–Crippen LogP) is 2.27. The van der Waals surface area contributed by atoms with Gasteiger partial charge in [0.2, 0.25) is 0 Å². The summed E-state index contributed by atoms with van der Waals surface area (Å²) >= 11 is 0. The molecule has 3 N–H and O–H groups in total. The molecule has 0 aliphatic carbocycles. The molecule has 16 heavy (non-hydrogen) atoms. The maximum atomic E-state index is 9.63. The van der Waals surface area contributed by atoms with Crippen LogP contribution in [0.15, 0.2) is 0 Å². The van der Waals surface area contributed by atoms with Gasteiger partial charge in [0.25, 0.3) is 0 Å².